The van der Waals surface area contributed by atoms with Gasteiger partial charge in [0.05, 0.1) is 5.56 Å². The lowest BCUT2D eigenvalue weighted by Crippen LogP contribution is -2.27. The van der Waals surface area contributed by atoms with Crippen molar-refractivity contribution in [2.24, 2.45) is 5.92 Å². The third kappa shape index (κ3) is 2.20. The van der Waals surface area contributed by atoms with Crippen LogP contribution in [0, 0.1) is 12.8 Å². The van der Waals surface area contributed by atoms with Gasteiger partial charge in [0, 0.05) is 5.92 Å². The lowest BCUT2D eigenvalue weighted by atomic mass is 10.1. The van der Waals surface area contributed by atoms with Crippen molar-refractivity contribution in [1.29, 1.82) is 0 Å². The van der Waals surface area contributed by atoms with Gasteiger partial charge < -0.3 is 4.74 Å². The predicted molar refractivity (Wildman–Crippen MR) is 61.8 cm³/mol. The van der Waals surface area contributed by atoms with Crippen molar-refractivity contribution < 1.29 is 9.31 Å². The Labute approximate surface area is 91.2 Å². The van der Waals surface area contributed by atoms with E-state index in [1.165, 1.54) is 11.1 Å². The lowest BCUT2D eigenvalue weighted by molar-refractivity contribution is -0.561. The predicted octanol–water partition coefficient (Wildman–Crippen LogP) is 2.43. The van der Waals surface area contributed by atoms with Crippen LogP contribution in [0.2, 0.25) is 0 Å². The van der Waals surface area contributed by atoms with Gasteiger partial charge in [-0.3, -0.25) is 0 Å². The van der Waals surface area contributed by atoms with Crippen LogP contribution in [0.5, 0.6) is 5.75 Å². The van der Waals surface area contributed by atoms with Crippen LogP contribution in [0.4, 0.5) is 0 Å². The van der Waals surface area contributed by atoms with Crippen molar-refractivity contribution in [3.8, 4) is 5.75 Å². The summed E-state index contributed by atoms with van der Waals surface area (Å²) in [6.07, 6.45) is 2.20. The smallest absolute Gasteiger partial charge is 0.287 e. The molecule has 0 fully saturated rings. The van der Waals surface area contributed by atoms with Crippen molar-refractivity contribution in [2.45, 2.75) is 20.8 Å². The molecule has 2 rings (SSSR count). The molecule has 1 heterocycles. The molecule has 1 aliphatic heterocycles. The Morgan fingerprint density at radius 1 is 1.40 bits per heavy atom. The van der Waals surface area contributed by atoms with Gasteiger partial charge in [-0.05, 0) is 18.6 Å². The van der Waals surface area contributed by atoms with Gasteiger partial charge in [-0.2, -0.15) is 0 Å². The summed E-state index contributed by atoms with van der Waals surface area (Å²) in [5.74, 6) is 1.70. The molecule has 2 heteroatoms. The van der Waals surface area contributed by atoms with E-state index in [0.717, 1.165) is 12.3 Å². The van der Waals surface area contributed by atoms with Gasteiger partial charge in [0.2, 0.25) is 0 Å². The number of hydrogen-bond acceptors (Lipinski definition) is 1. The van der Waals surface area contributed by atoms with E-state index < -0.39 is 0 Å². The zero-order valence-electron chi connectivity index (χ0n) is 9.66. The molecule has 0 radical (unpaired) electrons. The number of hydrogen-bond donors (Lipinski definition) is 0. The summed E-state index contributed by atoms with van der Waals surface area (Å²) in [7, 11) is 0. The number of nitrogens with zero attached hydrogens (tertiary/aromatic N) is 1. The van der Waals surface area contributed by atoms with Crippen LogP contribution in [-0.4, -0.2) is 24.1 Å². The topological polar surface area (TPSA) is 12.2 Å². The number of fused-ring (bicyclic) bond motifs is 1. The molecule has 0 saturated carbocycles. The molecule has 1 aromatic carbocycles. The SMILES string of the molecule is Cc1cccc2c1OC[N+](CC(C)C)=C2. The van der Waals surface area contributed by atoms with E-state index in [2.05, 4.69) is 49.8 Å². The summed E-state index contributed by atoms with van der Waals surface area (Å²) in [6, 6.07) is 6.27. The van der Waals surface area contributed by atoms with E-state index >= 15 is 0 Å². The molecule has 0 aliphatic carbocycles. The fourth-order valence-electron chi connectivity index (χ4n) is 1.93. The van der Waals surface area contributed by atoms with E-state index in [0.29, 0.717) is 12.6 Å². The maximum absolute atomic E-state index is 5.76. The largest absolute Gasteiger partial charge is 0.435 e. The first-order chi connectivity index (χ1) is 7.16. The minimum atomic E-state index is 0.663. The van der Waals surface area contributed by atoms with Crippen LogP contribution in [0.3, 0.4) is 0 Å². The summed E-state index contributed by atoms with van der Waals surface area (Å²) >= 11 is 0. The zero-order valence-corrected chi connectivity index (χ0v) is 9.66. The molecule has 0 spiro atoms. The fourth-order valence-corrected chi connectivity index (χ4v) is 1.93. The Morgan fingerprint density at radius 3 is 2.93 bits per heavy atom. The van der Waals surface area contributed by atoms with Gasteiger partial charge >= 0.3 is 0 Å². The molecule has 2 nitrogen and oxygen atoms in total. The third-order valence-electron chi connectivity index (χ3n) is 2.54. The molecular weight excluding hydrogens is 186 g/mol. The van der Waals surface area contributed by atoms with E-state index in [1.807, 2.05) is 0 Å². The maximum Gasteiger partial charge on any atom is 0.287 e. The first kappa shape index (κ1) is 10.2. The molecule has 0 amide bonds. The van der Waals surface area contributed by atoms with Gasteiger partial charge in [-0.1, -0.05) is 26.0 Å². The fraction of sp³-hybridized carbons (Fsp3) is 0.462. The van der Waals surface area contributed by atoms with Gasteiger partial charge in [-0.25, -0.2) is 4.58 Å². The van der Waals surface area contributed by atoms with Crippen LogP contribution in [0.1, 0.15) is 25.0 Å². The molecule has 0 saturated heterocycles. The van der Waals surface area contributed by atoms with E-state index in [-0.39, 0.29) is 0 Å². The van der Waals surface area contributed by atoms with E-state index in [4.69, 9.17) is 4.74 Å². The Bertz CT molecular complexity index is 394. The highest BCUT2D eigenvalue weighted by Crippen LogP contribution is 2.23. The second kappa shape index (κ2) is 4.05. The second-order valence-corrected chi connectivity index (χ2v) is 4.56. The highest BCUT2D eigenvalue weighted by Gasteiger charge is 2.18. The van der Waals surface area contributed by atoms with Gasteiger partial charge in [0.15, 0.2) is 6.21 Å². The number of ether oxygens (including phenoxy) is 1. The second-order valence-electron chi connectivity index (χ2n) is 4.56. The Hall–Kier alpha value is -1.31. The summed E-state index contributed by atoms with van der Waals surface area (Å²) in [6.45, 7) is 8.26. The van der Waals surface area contributed by atoms with Crippen LogP contribution in [0.15, 0.2) is 18.2 Å². The van der Waals surface area contributed by atoms with Crippen LogP contribution in [0.25, 0.3) is 0 Å². The first-order valence-corrected chi connectivity index (χ1v) is 5.48. The highest BCUT2D eigenvalue weighted by atomic mass is 16.5. The molecule has 1 aliphatic rings. The average molecular weight is 204 g/mol. The van der Waals surface area contributed by atoms with E-state index in [1.54, 1.807) is 0 Å². The van der Waals surface area contributed by atoms with Crippen LogP contribution in [-0.2, 0) is 0 Å². The van der Waals surface area contributed by atoms with Crippen LogP contribution >= 0.6 is 0 Å². The van der Waals surface area contributed by atoms with Crippen molar-refractivity contribution in [1.82, 2.24) is 0 Å². The van der Waals surface area contributed by atoms with Crippen LogP contribution < -0.4 is 4.74 Å². The number of benzene rings is 1. The number of para-hydroxylation sites is 1. The molecular formula is C13H18NO+. The summed E-state index contributed by atoms with van der Waals surface area (Å²) in [4.78, 5) is 0. The monoisotopic (exact) mass is 204 g/mol. The Balaban J connectivity index is 2.29. The molecule has 1 aromatic rings. The number of rotatable bonds is 2. The minimum Gasteiger partial charge on any atom is -0.435 e. The molecule has 0 atom stereocenters. The molecule has 0 unspecified atom stereocenters. The number of aryl methyl sites for hydroxylation is 1. The van der Waals surface area contributed by atoms with Crippen molar-refractivity contribution >= 4 is 6.21 Å². The zero-order chi connectivity index (χ0) is 10.8. The normalized spacial score (nSPS) is 14.5. The summed E-state index contributed by atoms with van der Waals surface area (Å²) < 4.78 is 7.99. The third-order valence-corrected chi connectivity index (χ3v) is 2.54. The minimum absolute atomic E-state index is 0.663. The standard InChI is InChI=1S/C13H18NO/c1-10(2)7-14-8-12-6-4-5-11(3)13(12)15-9-14/h4-6,8,10H,7,9H2,1-3H3/q+1. The van der Waals surface area contributed by atoms with Crippen molar-refractivity contribution in [3.63, 3.8) is 0 Å². The highest BCUT2D eigenvalue weighted by molar-refractivity contribution is 5.81. The summed E-state index contributed by atoms with van der Waals surface area (Å²) in [5.41, 5.74) is 2.41. The van der Waals surface area contributed by atoms with Crippen molar-refractivity contribution in [3.05, 3.63) is 29.3 Å². The quantitative estimate of drug-likeness (QED) is 0.674. The Morgan fingerprint density at radius 2 is 2.20 bits per heavy atom. The molecule has 80 valence electrons. The van der Waals surface area contributed by atoms with Gasteiger partial charge in [0.1, 0.15) is 12.3 Å². The maximum atomic E-state index is 5.76. The van der Waals surface area contributed by atoms with Crippen molar-refractivity contribution in [2.75, 3.05) is 13.3 Å². The van der Waals surface area contributed by atoms with E-state index in [9.17, 15) is 0 Å². The molecule has 0 aromatic heterocycles. The van der Waals surface area contributed by atoms with Gasteiger partial charge in [-0.15, -0.1) is 0 Å². The molecule has 0 bridgehead atoms. The molecule has 0 N–H and O–H groups in total. The Kier molecular flexibility index (Phi) is 2.76. The molecule has 15 heavy (non-hydrogen) atoms. The van der Waals surface area contributed by atoms with Gasteiger partial charge in [0.25, 0.3) is 6.73 Å². The lowest BCUT2D eigenvalue weighted by Gasteiger charge is -2.16. The average Bonchev–Trinajstić information content (AvgIpc) is 2.17. The first-order valence-electron chi connectivity index (χ1n) is 5.48. The summed E-state index contributed by atoms with van der Waals surface area (Å²) in [5, 5.41) is 0.